The molecular formula is C41H36P2. The largest absolute Gasteiger partial charge is 0.0622 e. The normalized spacial score (nSPS) is 17.2. The van der Waals surface area contributed by atoms with Gasteiger partial charge in [0.05, 0.1) is 0 Å². The Bertz CT molecular complexity index is 1490. The third-order valence-electron chi connectivity index (χ3n) is 9.08. The van der Waals surface area contributed by atoms with Crippen molar-refractivity contribution in [3.63, 3.8) is 0 Å². The monoisotopic (exact) mass is 590 g/mol. The Kier molecular flexibility index (Phi) is 8.34. The van der Waals surface area contributed by atoms with Crippen LogP contribution in [0.15, 0.2) is 182 Å². The lowest BCUT2D eigenvalue weighted by Crippen LogP contribution is -2.20. The Balaban J connectivity index is 1.37. The molecule has 1 fully saturated rings. The summed E-state index contributed by atoms with van der Waals surface area (Å²) >= 11 is 0. The smallest absolute Gasteiger partial charge is 0.0272 e. The van der Waals surface area contributed by atoms with Gasteiger partial charge in [0.25, 0.3) is 0 Å². The van der Waals surface area contributed by atoms with Crippen LogP contribution < -0.4 is 21.2 Å². The van der Waals surface area contributed by atoms with Crippen LogP contribution in [0.4, 0.5) is 0 Å². The fraction of sp³-hybridized carbons (Fsp3) is 0.122. The van der Waals surface area contributed by atoms with Crippen molar-refractivity contribution in [2.75, 3.05) is 12.3 Å². The Morgan fingerprint density at radius 2 is 0.558 bits per heavy atom. The standard InChI is InChI=1S/C41H36P2/c1-7-19-33(20-8-1)41(34-21-9-2-10-22-34)39(31-42(35-23-11-3-12-24-35)36-25-13-4-14-26-36)40(41)32-43(37-27-15-5-16-28-37)38-29-17-6-18-30-38/h1-30,39-40H,31-32H2/t39-,40?/m1/s1. The molecule has 2 atom stereocenters. The SMILES string of the molecule is c1ccc(P(CC2[C@@H](CP(c3ccccc3)c3ccccc3)C2(c2ccccc2)c2ccccc2)c2ccccc2)cc1. The molecule has 0 aliphatic heterocycles. The van der Waals surface area contributed by atoms with E-state index in [4.69, 9.17) is 0 Å². The van der Waals surface area contributed by atoms with Crippen LogP contribution in [0.2, 0.25) is 0 Å². The number of hydrogen-bond acceptors (Lipinski definition) is 0. The molecule has 0 heterocycles. The molecule has 1 saturated carbocycles. The van der Waals surface area contributed by atoms with E-state index in [2.05, 4.69) is 182 Å². The minimum absolute atomic E-state index is 0.0171. The second kappa shape index (κ2) is 12.8. The molecule has 6 aromatic rings. The third-order valence-corrected chi connectivity index (χ3v) is 14.3. The molecule has 6 aromatic carbocycles. The molecule has 7 rings (SSSR count). The quantitative estimate of drug-likeness (QED) is 0.140. The van der Waals surface area contributed by atoms with Crippen LogP contribution >= 0.6 is 15.8 Å². The lowest BCUT2D eigenvalue weighted by Gasteiger charge is -2.24. The van der Waals surface area contributed by atoms with Crippen LogP contribution in [0.1, 0.15) is 11.1 Å². The highest BCUT2D eigenvalue weighted by Crippen LogP contribution is 2.69. The molecule has 0 amide bonds. The summed E-state index contributed by atoms with van der Waals surface area (Å²) in [5.41, 5.74) is 2.91. The number of hydrogen-bond donors (Lipinski definition) is 0. The second-order valence-electron chi connectivity index (χ2n) is 11.4. The summed E-state index contributed by atoms with van der Waals surface area (Å²) < 4.78 is 0. The highest BCUT2D eigenvalue weighted by Gasteiger charge is 2.66. The van der Waals surface area contributed by atoms with Crippen LogP contribution in [0, 0.1) is 11.8 Å². The van der Waals surface area contributed by atoms with Gasteiger partial charge in [-0.25, -0.2) is 0 Å². The molecule has 2 heteroatoms. The van der Waals surface area contributed by atoms with E-state index in [9.17, 15) is 0 Å². The van der Waals surface area contributed by atoms with Crippen molar-refractivity contribution in [3.8, 4) is 0 Å². The maximum atomic E-state index is 2.39. The van der Waals surface area contributed by atoms with Crippen molar-refractivity contribution < 1.29 is 0 Å². The average molecular weight is 591 g/mol. The third kappa shape index (κ3) is 5.63. The van der Waals surface area contributed by atoms with E-state index in [0.717, 1.165) is 0 Å². The van der Waals surface area contributed by atoms with E-state index < -0.39 is 15.8 Å². The van der Waals surface area contributed by atoms with Crippen molar-refractivity contribution in [1.29, 1.82) is 0 Å². The molecular weight excluding hydrogens is 554 g/mol. The molecule has 0 aromatic heterocycles. The fourth-order valence-corrected chi connectivity index (χ4v) is 12.5. The second-order valence-corrected chi connectivity index (χ2v) is 15.9. The molecule has 43 heavy (non-hydrogen) atoms. The van der Waals surface area contributed by atoms with Crippen LogP contribution in [0.3, 0.4) is 0 Å². The van der Waals surface area contributed by atoms with Gasteiger partial charge in [-0.2, -0.15) is 0 Å². The van der Waals surface area contributed by atoms with E-state index in [1.807, 2.05) is 0 Å². The van der Waals surface area contributed by atoms with Gasteiger partial charge in [-0.05, 0) is 72.3 Å². The first-order chi connectivity index (χ1) is 21.4. The van der Waals surface area contributed by atoms with Crippen LogP contribution in [0.25, 0.3) is 0 Å². The van der Waals surface area contributed by atoms with Crippen molar-refractivity contribution in [2.24, 2.45) is 11.8 Å². The zero-order valence-corrected chi connectivity index (χ0v) is 26.1. The van der Waals surface area contributed by atoms with E-state index in [0.29, 0.717) is 11.8 Å². The van der Waals surface area contributed by atoms with E-state index in [1.54, 1.807) is 0 Å². The molecule has 0 nitrogen and oxygen atoms in total. The fourth-order valence-electron chi connectivity index (χ4n) is 7.08. The van der Waals surface area contributed by atoms with Crippen molar-refractivity contribution in [2.45, 2.75) is 5.41 Å². The first-order valence-corrected chi connectivity index (χ1v) is 18.3. The number of rotatable bonds is 10. The van der Waals surface area contributed by atoms with Crippen molar-refractivity contribution in [1.82, 2.24) is 0 Å². The Labute approximate surface area is 259 Å². The first-order valence-electron chi connectivity index (χ1n) is 15.2. The van der Waals surface area contributed by atoms with E-state index in [1.165, 1.54) is 44.7 Å². The average Bonchev–Trinajstić information content (AvgIpc) is 3.75. The Morgan fingerprint density at radius 1 is 0.326 bits per heavy atom. The molecule has 1 aliphatic carbocycles. The van der Waals surface area contributed by atoms with Crippen LogP contribution in [-0.4, -0.2) is 12.3 Å². The predicted octanol–water partition coefficient (Wildman–Crippen LogP) is 8.48. The van der Waals surface area contributed by atoms with Gasteiger partial charge in [0.1, 0.15) is 0 Å². The Hall–Kier alpha value is -3.82. The zero-order chi connectivity index (χ0) is 28.9. The minimum atomic E-state index is -0.520. The van der Waals surface area contributed by atoms with Crippen molar-refractivity contribution >= 4 is 37.1 Å². The molecule has 0 spiro atoms. The topological polar surface area (TPSA) is 0 Å². The zero-order valence-electron chi connectivity index (χ0n) is 24.3. The summed E-state index contributed by atoms with van der Waals surface area (Å²) in [6.07, 6.45) is 2.34. The van der Waals surface area contributed by atoms with E-state index >= 15 is 0 Å². The first kappa shape index (κ1) is 28.0. The molecule has 1 aliphatic rings. The minimum Gasteiger partial charge on any atom is -0.0622 e. The summed E-state index contributed by atoms with van der Waals surface area (Å²) in [6.45, 7) is 0. The van der Waals surface area contributed by atoms with Gasteiger partial charge in [-0.1, -0.05) is 182 Å². The lowest BCUT2D eigenvalue weighted by molar-refractivity contribution is 0.736. The summed E-state index contributed by atoms with van der Waals surface area (Å²) in [4.78, 5) is 0. The van der Waals surface area contributed by atoms with Gasteiger partial charge < -0.3 is 0 Å². The van der Waals surface area contributed by atoms with Gasteiger partial charge in [0, 0.05) is 5.41 Å². The van der Waals surface area contributed by atoms with Crippen LogP contribution in [0.5, 0.6) is 0 Å². The van der Waals surface area contributed by atoms with Gasteiger partial charge in [-0.3, -0.25) is 0 Å². The molecule has 1 unspecified atom stereocenters. The highest BCUT2D eigenvalue weighted by atomic mass is 31.1. The van der Waals surface area contributed by atoms with Gasteiger partial charge in [-0.15, -0.1) is 0 Å². The molecule has 210 valence electrons. The molecule has 0 saturated heterocycles. The molecule has 0 bridgehead atoms. The highest BCUT2D eigenvalue weighted by molar-refractivity contribution is 7.73. The van der Waals surface area contributed by atoms with Crippen LogP contribution in [-0.2, 0) is 5.41 Å². The Morgan fingerprint density at radius 3 is 0.814 bits per heavy atom. The molecule has 0 radical (unpaired) electrons. The maximum absolute atomic E-state index is 2.39. The summed E-state index contributed by atoms with van der Waals surface area (Å²) in [5, 5.41) is 5.88. The number of benzene rings is 6. The maximum Gasteiger partial charge on any atom is 0.0272 e. The van der Waals surface area contributed by atoms with Gasteiger partial charge in [0.15, 0.2) is 0 Å². The predicted molar refractivity (Wildman–Crippen MR) is 189 cm³/mol. The van der Waals surface area contributed by atoms with Gasteiger partial charge in [0.2, 0.25) is 0 Å². The summed E-state index contributed by atoms with van der Waals surface area (Å²) in [6, 6.07) is 67.9. The lowest BCUT2D eigenvalue weighted by atomic mass is 9.84. The van der Waals surface area contributed by atoms with E-state index in [-0.39, 0.29) is 5.41 Å². The van der Waals surface area contributed by atoms with Crippen molar-refractivity contribution in [3.05, 3.63) is 193 Å². The molecule has 0 N–H and O–H groups in total. The summed E-state index contributed by atoms with van der Waals surface area (Å²) in [5.74, 6) is 1.06. The van der Waals surface area contributed by atoms with Gasteiger partial charge >= 0.3 is 0 Å². The summed E-state index contributed by atoms with van der Waals surface area (Å²) in [7, 11) is -1.04.